The lowest BCUT2D eigenvalue weighted by molar-refractivity contribution is -0.0273. The van der Waals surface area contributed by atoms with Crippen LogP contribution in [0.4, 0.5) is 0 Å². The Balaban J connectivity index is 1.66. The summed E-state index contributed by atoms with van der Waals surface area (Å²) in [6, 6.07) is 0. The van der Waals surface area contributed by atoms with Crippen LogP contribution in [0.1, 0.15) is 79.1 Å². The van der Waals surface area contributed by atoms with Gasteiger partial charge in [0.05, 0.1) is 24.4 Å². The van der Waals surface area contributed by atoms with Crippen molar-refractivity contribution in [2.75, 3.05) is 13.2 Å². The summed E-state index contributed by atoms with van der Waals surface area (Å²) in [6.07, 6.45) is 11.5. The second kappa shape index (κ2) is 9.91. The van der Waals surface area contributed by atoms with E-state index in [1.165, 1.54) is 31.3 Å². The van der Waals surface area contributed by atoms with Gasteiger partial charge in [-0.15, -0.1) is 0 Å². The van der Waals surface area contributed by atoms with Gasteiger partial charge in [-0.1, -0.05) is 38.2 Å². The maximum atomic E-state index is 10.1. The lowest BCUT2D eigenvalue weighted by atomic mass is 9.61. The van der Waals surface area contributed by atoms with Crippen LogP contribution >= 0.6 is 0 Å². The standard InChI is InChI=1S/C27H44O4/c1-18(12-14-31-17-26(3,4)30)23-10-11-24-20(7-6-13-27(23,24)5)8-9-21-15-22(28)16-25(29)19(21)2/h8-9,18,22-25,28-30H,2,6-7,10-17H2,1,3-5H3/b20-8+,21-9-/t18?,22-,23?,24?,25+,27?/m1/s1. The van der Waals surface area contributed by atoms with Crippen LogP contribution in [-0.2, 0) is 4.74 Å². The molecule has 3 fully saturated rings. The highest BCUT2D eigenvalue weighted by Crippen LogP contribution is 2.59. The molecule has 3 aliphatic rings. The number of fused-ring (bicyclic) bond motifs is 1. The molecule has 0 aromatic carbocycles. The third kappa shape index (κ3) is 5.90. The lowest BCUT2D eigenvalue weighted by Crippen LogP contribution is -2.36. The Hall–Kier alpha value is -0.940. The first-order chi connectivity index (χ1) is 14.5. The molecule has 0 aliphatic heterocycles. The Bertz CT molecular complexity index is 701. The van der Waals surface area contributed by atoms with Crippen LogP contribution in [0.25, 0.3) is 0 Å². The number of ether oxygens (including phenoxy) is 1. The van der Waals surface area contributed by atoms with E-state index in [0.717, 1.165) is 24.0 Å². The van der Waals surface area contributed by atoms with Gasteiger partial charge in [0, 0.05) is 13.0 Å². The average molecular weight is 433 g/mol. The highest BCUT2D eigenvalue weighted by atomic mass is 16.5. The second-order valence-corrected chi connectivity index (χ2v) is 11.3. The van der Waals surface area contributed by atoms with Crippen LogP contribution in [0.2, 0.25) is 0 Å². The van der Waals surface area contributed by atoms with Gasteiger partial charge < -0.3 is 20.1 Å². The van der Waals surface area contributed by atoms with Crippen molar-refractivity contribution in [3.05, 3.63) is 35.5 Å². The maximum Gasteiger partial charge on any atom is 0.0824 e. The summed E-state index contributed by atoms with van der Waals surface area (Å²) < 4.78 is 5.73. The molecular weight excluding hydrogens is 388 g/mol. The fourth-order valence-electron chi connectivity index (χ4n) is 6.47. The van der Waals surface area contributed by atoms with Crippen molar-refractivity contribution in [3.8, 4) is 0 Å². The monoisotopic (exact) mass is 432 g/mol. The third-order valence-corrected chi connectivity index (χ3v) is 8.16. The number of allylic oxidation sites excluding steroid dienone is 3. The summed E-state index contributed by atoms with van der Waals surface area (Å²) in [5.41, 5.74) is 2.88. The minimum absolute atomic E-state index is 0.334. The number of rotatable bonds is 7. The summed E-state index contributed by atoms with van der Waals surface area (Å²) in [4.78, 5) is 0. The third-order valence-electron chi connectivity index (χ3n) is 8.16. The van der Waals surface area contributed by atoms with Gasteiger partial charge in [0.1, 0.15) is 0 Å². The molecule has 6 atom stereocenters. The first kappa shape index (κ1) is 24.7. The zero-order valence-corrected chi connectivity index (χ0v) is 20.1. The van der Waals surface area contributed by atoms with E-state index in [9.17, 15) is 15.3 Å². The Morgan fingerprint density at radius 3 is 2.71 bits per heavy atom. The molecule has 4 heteroatoms. The molecule has 0 spiro atoms. The van der Waals surface area contributed by atoms with Crippen molar-refractivity contribution in [1.29, 1.82) is 0 Å². The normalized spacial score (nSPS) is 38.0. The van der Waals surface area contributed by atoms with Crippen molar-refractivity contribution < 1.29 is 20.1 Å². The lowest BCUT2D eigenvalue weighted by Gasteiger charge is -2.44. The number of aliphatic hydroxyl groups is 3. The van der Waals surface area contributed by atoms with Crippen molar-refractivity contribution in [3.63, 3.8) is 0 Å². The van der Waals surface area contributed by atoms with E-state index >= 15 is 0 Å². The van der Waals surface area contributed by atoms with E-state index in [1.807, 2.05) is 0 Å². The molecule has 0 aromatic rings. The molecule has 4 nitrogen and oxygen atoms in total. The quantitative estimate of drug-likeness (QED) is 0.498. The Labute approximate surface area is 189 Å². The van der Waals surface area contributed by atoms with Gasteiger partial charge in [-0.05, 0) is 93.1 Å². The van der Waals surface area contributed by atoms with Crippen LogP contribution in [0.3, 0.4) is 0 Å². The van der Waals surface area contributed by atoms with Gasteiger partial charge in [-0.2, -0.15) is 0 Å². The summed E-state index contributed by atoms with van der Waals surface area (Å²) in [5, 5.41) is 30.0. The molecule has 31 heavy (non-hydrogen) atoms. The average Bonchev–Trinajstić information content (AvgIpc) is 3.03. The molecule has 176 valence electrons. The van der Waals surface area contributed by atoms with Crippen molar-refractivity contribution in [2.24, 2.45) is 23.2 Å². The number of aliphatic hydroxyl groups excluding tert-OH is 2. The van der Waals surface area contributed by atoms with Crippen LogP contribution in [0.5, 0.6) is 0 Å². The van der Waals surface area contributed by atoms with Gasteiger partial charge in [0.15, 0.2) is 0 Å². The highest BCUT2D eigenvalue weighted by molar-refractivity contribution is 5.38. The topological polar surface area (TPSA) is 69.9 Å². The molecule has 0 heterocycles. The zero-order chi connectivity index (χ0) is 22.8. The predicted molar refractivity (Wildman–Crippen MR) is 126 cm³/mol. The Morgan fingerprint density at radius 2 is 2.00 bits per heavy atom. The fraction of sp³-hybridized carbons (Fsp3) is 0.778. The Kier molecular flexibility index (Phi) is 7.89. The molecule has 4 unspecified atom stereocenters. The van der Waals surface area contributed by atoms with Gasteiger partial charge in [-0.25, -0.2) is 0 Å². The molecule has 3 rings (SSSR count). The van der Waals surface area contributed by atoms with Crippen LogP contribution in [0.15, 0.2) is 35.5 Å². The Morgan fingerprint density at radius 1 is 1.26 bits per heavy atom. The highest BCUT2D eigenvalue weighted by Gasteiger charge is 2.50. The largest absolute Gasteiger partial charge is 0.393 e. The summed E-state index contributed by atoms with van der Waals surface area (Å²) in [6.45, 7) is 13.6. The summed E-state index contributed by atoms with van der Waals surface area (Å²) in [7, 11) is 0. The van der Waals surface area contributed by atoms with E-state index in [4.69, 9.17) is 4.74 Å². The summed E-state index contributed by atoms with van der Waals surface area (Å²) >= 11 is 0. The SMILES string of the molecule is C=C1/C(=C\C=C2/CCCC3(C)C2CCC3C(C)CCOCC(C)(C)O)C[C@@H](O)C[C@@H]1O. The first-order valence-electron chi connectivity index (χ1n) is 12.3. The van der Waals surface area contributed by atoms with Crippen molar-refractivity contribution in [2.45, 2.75) is 96.9 Å². The number of hydrogen-bond acceptors (Lipinski definition) is 4. The van der Waals surface area contributed by atoms with Gasteiger partial charge in [-0.3, -0.25) is 0 Å². The van der Waals surface area contributed by atoms with Crippen molar-refractivity contribution >= 4 is 0 Å². The molecule has 0 radical (unpaired) electrons. The molecule has 3 N–H and O–H groups in total. The van der Waals surface area contributed by atoms with E-state index in [0.29, 0.717) is 49.2 Å². The van der Waals surface area contributed by atoms with Crippen LogP contribution in [-0.4, -0.2) is 46.3 Å². The summed E-state index contributed by atoms with van der Waals surface area (Å²) in [5.74, 6) is 1.93. The molecular formula is C27H44O4. The fourth-order valence-corrected chi connectivity index (χ4v) is 6.47. The van der Waals surface area contributed by atoms with Crippen LogP contribution < -0.4 is 0 Å². The van der Waals surface area contributed by atoms with Crippen LogP contribution in [0, 0.1) is 23.2 Å². The molecule has 0 amide bonds. The smallest absolute Gasteiger partial charge is 0.0824 e. The molecule has 3 aliphatic carbocycles. The predicted octanol–water partition coefficient (Wildman–Crippen LogP) is 4.94. The van der Waals surface area contributed by atoms with E-state index in [-0.39, 0.29) is 0 Å². The molecule has 3 saturated carbocycles. The van der Waals surface area contributed by atoms with Gasteiger partial charge >= 0.3 is 0 Å². The molecule has 0 bridgehead atoms. The molecule has 0 aromatic heterocycles. The number of hydrogen-bond donors (Lipinski definition) is 3. The maximum absolute atomic E-state index is 10.1. The molecule has 0 saturated heterocycles. The minimum Gasteiger partial charge on any atom is -0.393 e. The van der Waals surface area contributed by atoms with E-state index < -0.39 is 17.8 Å². The minimum atomic E-state index is -0.763. The second-order valence-electron chi connectivity index (χ2n) is 11.3. The van der Waals surface area contributed by atoms with Crippen molar-refractivity contribution in [1.82, 2.24) is 0 Å². The first-order valence-corrected chi connectivity index (χ1v) is 12.3. The van der Waals surface area contributed by atoms with E-state index in [1.54, 1.807) is 13.8 Å². The van der Waals surface area contributed by atoms with Gasteiger partial charge in [0.2, 0.25) is 0 Å². The van der Waals surface area contributed by atoms with E-state index in [2.05, 4.69) is 32.6 Å². The zero-order valence-electron chi connectivity index (χ0n) is 20.1. The van der Waals surface area contributed by atoms with Gasteiger partial charge in [0.25, 0.3) is 0 Å².